The zero-order valence-corrected chi connectivity index (χ0v) is 11.7. The summed E-state index contributed by atoms with van der Waals surface area (Å²) in [6.45, 7) is 1.03. The summed E-state index contributed by atoms with van der Waals surface area (Å²) in [5.74, 6) is -0.911. The third-order valence-corrected chi connectivity index (χ3v) is 4.40. The summed E-state index contributed by atoms with van der Waals surface area (Å²) in [6, 6.07) is 2.92. The molecule has 1 fully saturated rings. The molecule has 2 nitrogen and oxygen atoms in total. The molecule has 18 heavy (non-hydrogen) atoms. The molecule has 0 saturated heterocycles. The molecule has 3 N–H and O–H groups in total. The van der Waals surface area contributed by atoms with Crippen molar-refractivity contribution in [3.05, 3.63) is 33.5 Å². The molecule has 0 spiro atoms. The van der Waals surface area contributed by atoms with E-state index in [1.165, 1.54) is 6.07 Å². The zero-order chi connectivity index (χ0) is 13.5. The normalized spacial score (nSPS) is 25.9. The molecular formula is C13H16BrF2NO. The minimum absolute atomic E-state index is 0.135. The van der Waals surface area contributed by atoms with E-state index in [0.717, 1.165) is 10.0 Å². The number of nitrogens with two attached hydrogens (primary N) is 1. The van der Waals surface area contributed by atoms with Crippen LogP contribution in [0.5, 0.6) is 0 Å². The molecule has 0 amide bonds. The maximum absolute atomic E-state index is 14.1. The highest BCUT2D eigenvalue weighted by molar-refractivity contribution is 9.10. The lowest BCUT2D eigenvalue weighted by Gasteiger charge is -2.28. The molecule has 1 aromatic rings. The second kappa shape index (κ2) is 4.87. The molecule has 1 aliphatic rings. The van der Waals surface area contributed by atoms with Crippen molar-refractivity contribution in [2.75, 3.05) is 6.67 Å². The summed E-state index contributed by atoms with van der Waals surface area (Å²) in [4.78, 5) is 0. The number of benzene rings is 1. The lowest BCUT2D eigenvalue weighted by atomic mass is 9.86. The summed E-state index contributed by atoms with van der Waals surface area (Å²) in [5, 5.41) is 9.43. The molecular weight excluding hydrogens is 304 g/mol. The van der Waals surface area contributed by atoms with Crippen LogP contribution in [-0.4, -0.2) is 17.9 Å². The summed E-state index contributed by atoms with van der Waals surface area (Å²) in [6.07, 6.45) is 0.471. The number of hydrogen-bond acceptors (Lipinski definition) is 2. The van der Waals surface area contributed by atoms with Gasteiger partial charge in [0.15, 0.2) is 0 Å². The highest BCUT2D eigenvalue weighted by Crippen LogP contribution is 2.46. The predicted molar refractivity (Wildman–Crippen MR) is 69.4 cm³/mol. The van der Waals surface area contributed by atoms with E-state index in [1.807, 2.05) is 6.92 Å². The van der Waals surface area contributed by atoms with Crippen LogP contribution in [0.25, 0.3) is 0 Å². The van der Waals surface area contributed by atoms with Gasteiger partial charge < -0.3 is 10.8 Å². The Morgan fingerprint density at radius 1 is 1.56 bits per heavy atom. The topological polar surface area (TPSA) is 46.2 Å². The van der Waals surface area contributed by atoms with Crippen molar-refractivity contribution in [1.29, 1.82) is 0 Å². The number of aryl methyl sites for hydroxylation is 1. The Labute approximate surface area is 113 Å². The third-order valence-electron chi connectivity index (χ3n) is 3.66. The Morgan fingerprint density at radius 2 is 2.17 bits per heavy atom. The van der Waals surface area contributed by atoms with Crippen molar-refractivity contribution >= 4 is 15.9 Å². The molecule has 0 aromatic heterocycles. The van der Waals surface area contributed by atoms with Crippen LogP contribution >= 0.6 is 15.9 Å². The molecule has 1 saturated carbocycles. The minimum atomic E-state index is -1.43. The van der Waals surface area contributed by atoms with E-state index in [4.69, 9.17) is 5.73 Å². The van der Waals surface area contributed by atoms with Crippen molar-refractivity contribution < 1.29 is 13.9 Å². The smallest absolute Gasteiger partial charge is 0.128 e. The number of aliphatic hydroxyl groups is 1. The van der Waals surface area contributed by atoms with E-state index in [0.29, 0.717) is 12.8 Å². The fraction of sp³-hybridized carbons (Fsp3) is 0.538. The zero-order valence-electron chi connectivity index (χ0n) is 10.1. The standard InChI is InChI=1S/C13H16BrF2NO/c1-2-7-3-11(16)8(4-10(7)14)13(17,6-15)9-5-12(9)18/h3-4,9,12,18H,2,5-6,17H2,1H3/t9-,12+,13+/m0/s1. The van der Waals surface area contributed by atoms with Gasteiger partial charge in [0.2, 0.25) is 0 Å². The minimum Gasteiger partial charge on any atom is -0.393 e. The predicted octanol–water partition coefficient (Wildman–Crippen LogP) is 2.65. The van der Waals surface area contributed by atoms with E-state index in [9.17, 15) is 13.9 Å². The quantitative estimate of drug-likeness (QED) is 0.896. The molecule has 1 aliphatic carbocycles. The molecule has 0 heterocycles. The van der Waals surface area contributed by atoms with Gasteiger partial charge in [-0.1, -0.05) is 22.9 Å². The first-order chi connectivity index (χ1) is 8.43. The Morgan fingerprint density at radius 3 is 2.61 bits per heavy atom. The van der Waals surface area contributed by atoms with Gasteiger partial charge in [-0.25, -0.2) is 8.78 Å². The average molecular weight is 320 g/mol. The van der Waals surface area contributed by atoms with Crippen LogP contribution in [0, 0.1) is 11.7 Å². The van der Waals surface area contributed by atoms with Gasteiger partial charge in [-0.2, -0.15) is 0 Å². The largest absolute Gasteiger partial charge is 0.393 e. The molecule has 0 bridgehead atoms. The number of rotatable bonds is 4. The van der Waals surface area contributed by atoms with Gasteiger partial charge in [-0.05, 0) is 30.5 Å². The van der Waals surface area contributed by atoms with Crippen molar-refractivity contribution in [1.82, 2.24) is 0 Å². The summed E-state index contributed by atoms with van der Waals surface area (Å²) >= 11 is 3.34. The van der Waals surface area contributed by atoms with Crippen LogP contribution in [0.4, 0.5) is 8.78 Å². The van der Waals surface area contributed by atoms with Gasteiger partial charge in [0, 0.05) is 16.0 Å². The first-order valence-electron chi connectivity index (χ1n) is 5.95. The Bertz CT molecular complexity index is 469. The van der Waals surface area contributed by atoms with Gasteiger partial charge in [-0.3, -0.25) is 0 Å². The van der Waals surface area contributed by atoms with E-state index in [-0.39, 0.29) is 5.56 Å². The lowest BCUT2D eigenvalue weighted by Crippen LogP contribution is -2.43. The number of aliphatic hydroxyl groups excluding tert-OH is 1. The maximum atomic E-state index is 14.1. The fourth-order valence-corrected chi connectivity index (χ4v) is 2.95. The highest BCUT2D eigenvalue weighted by atomic mass is 79.9. The van der Waals surface area contributed by atoms with Gasteiger partial charge >= 0.3 is 0 Å². The first-order valence-corrected chi connectivity index (χ1v) is 6.74. The van der Waals surface area contributed by atoms with Crippen molar-refractivity contribution in [2.45, 2.75) is 31.4 Å². The first kappa shape index (κ1) is 13.9. The van der Waals surface area contributed by atoms with Crippen molar-refractivity contribution in [2.24, 2.45) is 11.7 Å². The summed E-state index contributed by atoms with van der Waals surface area (Å²) in [5.41, 5.74) is 5.50. The molecule has 100 valence electrons. The molecule has 5 heteroatoms. The van der Waals surface area contributed by atoms with Gasteiger partial charge in [0.1, 0.15) is 12.5 Å². The molecule has 1 aromatic carbocycles. The van der Waals surface area contributed by atoms with E-state index in [1.54, 1.807) is 6.07 Å². The van der Waals surface area contributed by atoms with Gasteiger partial charge in [0.25, 0.3) is 0 Å². The van der Waals surface area contributed by atoms with E-state index >= 15 is 0 Å². The highest BCUT2D eigenvalue weighted by Gasteiger charge is 2.52. The Kier molecular flexibility index (Phi) is 3.76. The second-order valence-electron chi connectivity index (χ2n) is 4.86. The van der Waals surface area contributed by atoms with Crippen LogP contribution in [0.1, 0.15) is 24.5 Å². The van der Waals surface area contributed by atoms with Crippen LogP contribution in [0.3, 0.4) is 0 Å². The van der Waals surface area contributed by atoms with Crippen LogP contribution in [-0.2, 0) is 12.0 Å². The number of alkyl halides is 1. The fourth-order valence-electron chi connectivity index (χ4n) is 2.32. The SMILES string of the molecule is CCc1cc(F)c([C@](N)(CF)[C@H]2C[C@H]2O)cc1Br. The van der Waals surface area contributed by atoms with E-state index < -0.39 is 30.1 Å². The Balaban J connectivity index is 2.46. The summed E-state index contributed by atoms with van der Waals surface area (Å²) in [7, 11) is 0. The Hall–Kier alpha value is -0.520. The van der Waals surface area contributed by atoms with E-state index in [2.05, 4.69) is 15.9 Å². The average Bonchev–Trinajstić information content (AvgIpc) is 3.08. The summed E-state index contributed by atoms with van der Waals surface area (Å²) < 4.78 is 28.1. The third kappa shape index (κ3) is 2.19. The maximum Gasteiger partial charge on any atom is 0.128 e. The number of hydrogen-bond donors (Lipinski definition) is 2. The molecule has 2 rings (SSSR count). The molecule has 0 aliphatic heterocycles. The van der Waals surface area contributed by atoms with Crippen molar-refractivity contribution in [3.63, 3.8) is 0 Å². The van der Waals surface area contributed by atoms with Crippen molar-refractivity contribution in [3.8, 4) is 0 Å². The monoisotopic (exact) mass is 319 g/mol. The van der Waals surface area contributed by atoms with Crippen LogP contribution in [0.15, 0.2) is 16.6 Å². The second-order valence-corrected chi connectivity index (χ2v) is 5.71. The molecule has 0 radical (unpaired) electrons. The van der Waals surface area contributed by atoms with Gasteiger partial charge in [0.05, 0.1) is 11.6 Å². The lowest BCUT2D eigenvalue weighted by molar-refractivity contribution is 0.195. The molecule has 3 atom stereocenters. The van der Waals surface area contributed by atoms with Crippen LogP contribution < -0.4 is 5.73 Å². The number of halogens is 3. The van der Waals surface area contributed by atoms with Gasteiger partial charge in [-0.15, -0.1) is 0 Å². The molecule has 0 unspecified atom stereocenters. The van der Waals surface area contributed by atoms with Crippen LogP contribution in [0.2, 0.25) is 0 Å².